The third-order valence-corrected chi connectivity index (χ3v) is 14.9. The summed E-state index contributed by atoms with van der Waals surface area (Å²) in [5.41, 5.74) is 28.2. The fraction of sp³-hybridized carbons (Fsp3) is 0.0814. The maximum atomic E-state index is 4.64. The predicted octanol–water partition coefficient (Wildman–Crippen LogP) is 21.6. The third kappa shape index (κ3) is 22.2. The van der Waals surface area contributed by atoms with E-state index in [0.29, 0.717) is 0 Å². The molecule has 0 N–H and O–H groups in total. The monoisotopic (exact) mass is 1940 g/mol. The molecule has 0 saturated heterocycles. The largest absolute Gasteiger partial charge is 0.305 e. The van der Waals surface area contributed by atoms with Crippen molar-refractivity contribution in [3.63, 3.8) is 0 Å². The molecule has 14 rings (SSSR count). The molecule has 0 atom stereocenters. The Kier molecular flexibility index (Phi) is 30.6. The van der Waals surface area contributed by atoms with Crippen molar-refractivity contribution in [2.24, 2.45) is 0 Å². The summed E-state index contributed by atoms with van der Waals surface area (Å²) in [6.07, 6.45) is 9.28. The van der Waals surface area contributed by atoms with Crippen molar-refractivity contribution in [1.29, 1.82) is 0 Å². The first-order valence-electron chi connectivity index (χ1n) is 30.4. The van der Waals surface area contributed by atoms with E-state index < -0.39 is 0 Å². The van der Waals surface area contributed by atoms with Crippen LogP contribution in [0.15, 0.2) is 298 Å². The zero-order valence-corrected chi connectivity index (χ0v) is 63.4. The molecule has 5 heterocycles. The molecule has 0 bridgehead atoms. The quantitative estimate of drug-likeness (QED) is 0.135. The molecule has 0 aliphatic carbocycles. The van der Waals surface area contributed by atoms with E-state index in [2.05, 4.69) is 261 Å². The SMILES string of the molecule is Cc1[c-]c(-c2cc(C)c(-c3ccccc3)cn2)cc(C)c1.Cc1ccc(-c2[c-]ccc(-c3ccccc3)c2)nc1.Cc1ccc(-c2cc[c-]c(-c3ccccn3)c2)cc1.Cc1cccc(-c2cc[c-]c(-c3ccccn3)c2)c1.Cc1cccnc1-c1[c-]cccc1.[Ir].[Ir].[Ir].[Ir]. The Labute approximate surface area is 616 Å². The molecule has 0 saturated carbocycles. The van der Waals surface area contributed by atoms with Crippen molar-refractivity contribution in [3.8, 4) is 101 Å². The van der Waals surface area contributed by atoms with Crippen LogP contribution in [0.3, 0.4) is 0 Å². The van der Waals surface area contributed by atoms with Gasteiger partial charge in [0.05, 0.1) is 0 Å². The minimum absolute atomic E-state index is 0. The number of benzene rings is 9. The van der Waals surface area contributed by atoms with E-state index in [1.165, 1.54) is 77.9 Å². The van der Waals surface area contributed by atoms with Crippen LogP contribution in [0.5, 0.6) is 0 Å². The molecule has 14 aromatic rings. The Morgan fingerprint density at radius 2 is 0.747 bits per heavy atom. The Hall–Kier alpha value is -8.67. The number of hydrogen-bond donors (Lipinski definition) is 0. The van der Waals surface area contributed by atoms with Crippen molar-refractivity contribution in [2.45, 2.75) is 48.5 Å². The summed E-state index contributed by atoms with van der Waals surface area (Å²) in [7, 11) is 0. The Morgan fingerprint density at radius 3 is 1.26 bits per heavy atom. The average Bonchev–Trinajstić information content (AvgIpc) is 3.75. The van der Waals surface area contributed by atoms with E-state index in [1.54, 1.807) is 0 Å². The molecule has 0 aliphatic rings. The van der Waals surface area contributed by atoms with Crippen LogP contribution < -0.4 is 0 Å². The minimum atomic E-state index is 0. The van der Waals surface area contributed by atoms with E-state index in [1.807, 2.05) is 141 Å². The summed E-state index contributed by atoms with van der Waals surface area (Å²) in [5, 5.41) is 0. The zero-order chi connectivity index (χ0) is 63.2. The van der Waals surface area contributed by atoms with Gasteiger partial charge in [-0.15, -0.1) is 177 Å². The van der Waals surface area contributed by atoms with E-state index in [0.717, 1.165) is 61.9 Å². The first-order chi connectivity index (χ1) is 44.5. The number of aromatic nitrogens is 5. The second-order valence-electron chi connectivity index (χ2n) is 22.2. The molecule has 5 aromatic heterocycles. The van der Waals surface area contributed by atoms with Crippen LogP contribution in [0.2, 0.25) is 0 Å². The van der Waals surface area contributed by atoms with Gasteiger partial charge in [0.15, 0.2) is 0 Å². The van der Waals surface area contributed by atoms with Crippen LogP contribution in [0.25, 0.3) is 101 Å². The van der Waals surface area contributed by atoms with Gasteiger partial charge in [0, 0.05) is 117 Å². The first kappa shape index (κ1) is 75.4. The van der Waals surface area contributed by atoms with Crippen molar-refractivity contribution in [3.05, 3.63) is 367 Å². The normalized spacial score (nSPS) is 9.93. The van der Waals surface area contributed by atoms with Crippen LogP contribution in [-0.4, -0.2) is 24.9 Å². The van der Waals surface area contributed by atoms with Crippen molar-refractivity contribution in [1.82, 2.24) is 24.9 Å². The second-order valence-corrected chi connectivity index (χ2v) is 22.2. The van der Waals surface area contributed by atoms with E-state index in [-0.39, 0.29) is 80.4 Å². The molecule has 5 nitrogen and oxygen atoms in total. The van der Waals surface area contributed by atoms with E-state index in [4.69, 9.17) is 0 Å². The Morgan fingerprint density at radius 1 is 0.253 bits per heavy atom. The summed E-state index contributed by atoms with van der Waals surface area (Å²) in [6, 6.07) is 107. The van der Waals surface area contributed by atoms with Crippen LogP contribution in [0.4, 0.5) is 0 Å². The topological polar surface area (TPSA) is 64.5 Å². The maximum Gasteiger partial charge on any atom is 0.0242 e. The van der Waals surface area contributed by atoms with Crippen LogP contribution >= 0.6 is 0 Å². The molecule has 0 aliphatic heterocycles. The van der Waals surface area contributed by atoms with Crippen LogP contribution in [-0.2, 0) is 80.4 Å². The van der Waals surface area contributed by atoms with Gasteiger partial charge in [0.2, 0.25) is 0 Å². The zero-order valence-electron chi connectivity index (χ0n) is 53.9. The van der Waals surface area contributed by atoms with Crippen molar-refractivity contribution >= 4 is 0 Å². The number of nitrogens with zero attached hydrogens (tertiary/aromatic N) is 5. The second kappa shape index (κ2) is 38.6. The van der Waals surface area contributed by atoms with Crippen molar-refractivity contribution in [2.75, 3.05) is 0 Å². The van der Waals surface area contributed by atoms with Gasteiger partial charge in [-0.2, -0.15) is 0 Å². The minimum Gasteiger partial charge on any atom is -0.305 e. The van der Waals surface area contributed by atoms with Gasteiger partial charge < -0.3 is 24.9 Å². The fourth-order valence-electron chi connectivity index (χ4n) is 10.2. The van der Waals surface area contributed by atoms with Gasteiger partial charge in [0.1, 0.15) is 0 Å². The molecular formula is C86H70Ir4N5-5. The van der Waals surface area contributed by atoms with E-state index >= 15 is 0 Å². The molecule has 9 aromatic carbocycles. The molecule has 4 radical (unpaired) electrons. The Balaban J connectivity index is 0.000000187. The molecular weight excluding hydrogens is 1870 g/mol. The van der Waals surface area contributed by atoms with Gasteiger partial charge in [0.25, 0.3) is 0 Å². The summed E-state index contributed by atoms with van der Waals surface area (Å²) in [4.78, 5) is 22.1. The molecule has 480 valence electrons. The molecule has 0 fully saturated rings. The fourth-order valence-corrected chi connectivity index (χ4v) is 10.2. The summed E-state index contributed by atoms with van der Waals surface area (Å²) in [5.74, 6) is 0. The number of rotatable bonds is 9. The summed E-state index contributed by atoms with van der Waals surface area (Å²) >= 11 is 0. The van der Waals surface area contributed by atoms with Crippen molar-refractivity contribution < 1.29 is 80.4 Å². The molecule has 0 spiro atoms. The Bertz CT molecular complexity index is 4430. The number of hydrogen-bond acceptors (Lipinski definition) is 5. The van der Waals surface area contributed by atoms with Gasteiger partial charge in [-0.25, -0.2) is 0 Å². The molecule has 0 unspecified atom stereocenters. The van der Waals surface area contributed by atoms with Crippen LogP contribution in [0.1, 0.15) is 38.9 Å². The van der Waals surface area contributed by atoms with Gasteiger partial charge in [-0.3, -0.25) is 0 Å². The third-order valence-electron chi connectivity index (χ3n) is 14.9. The van der Waals surface area contributed by atoms with Crippen LogP contribution in [0, 0.1) is 78.8 Å². The smallest absolute Gasteiger partial charge is 0.0242 e. The maximum absolute atomic E-state index is 4.64. The molecule has 9 heteroatoms. The predicted molar refractivity (Wildman–Crippen MR) is 377 cm³/mol. The number of pyridine rings is 5. The van der Waals surface area contributed by atoms with Gasteiger partial charge in [-0.05, 0) is 115 Å². The van der Waals surface area contributed by atoms with Gasteiger partial charge in [-0.1, -0.05) is 188 Å². The van der Waals surface area contributed by atoms with E-state index in [9.17, 15) is 0 Å². The summed E-state index contributed by atoms with van der Waals surface area (Å²) < 4.78 is 0. The van der Waals surface area contributed by atoms with Gasteiger partial charge >= 0.3 is 0 Å². The number of aryl methyl sites for hydroxylation is 7. The standard InChI is InChI=1S/C20H18N.3C18H14N.C12H10N.4Ir/c1-14-9-15(2)11-18(10-14)20-12-16(3)19(13-21-20)17-7-5-4-6-8-17;1-14-6-4-7-15(12-14)16-8-5-9-17(13-16)18-10-2-3-11-19-18;1-14-8-10-15(11-9-14)16-5-4-6-17(13-16)18-7-2-3-12-19-18;1-14-10-11-18(19-13-14)17-9-5-8-16(12-17)15-6-3-2-4-7-15;1-10-6-5-9-13-12(10)11-7-3-2-4-8-11;;;;/h4-10,12-13H,1-3H3;2-8,10-13H,1H3;2-5,7-13H,1H3;2-8,10-13H,1H3;2-7,9H,1H3;;;;/q5*-1;;;;. The molecule has 0 amide bonds. The average molecular weight is 1940 g/mol. The summed E-state index contributed by atoms with van der Waals surface area (Å²) in [6.45, 7) is 14.6. The first-order valence-corrected chi connectivity index (χ1v) is 30.4. The molecule has 95 heavy (non-hydrogen) atoms.